The van der Waals surface area contributed by atoms with Gasteiger partial charge in [0.15, 0.2) is 0 Å². The molecule has 39 heavy (non-hydrogen) atoms. The molecule has 202 valence electrons. The molecule has 1 unspecified atom stereocenters. The molecular formula is C27H20BrClFN2O6S-. The topological polar surface area (TPSA) is 123 Å². The number of hydrogen-bond donors (Lipinski definition) is 2. The first-order valence-electron chi connectivity index (χ1n) is 11.8. The number of benzene rings is 3. The van der Waals surface area contributed by atoms with Gasteiger partial charge in [-0.2, -0.15) is 0 Å². The summed E-state index contributed by atoms with van der Waals surface area (Å²) in [6.45, 7) is -0.128. The summed E-state index contributed by atoms with van der Waals surface area (Å²) < 4.78 is 45.6. The summed E-state index contributed by atoms with van der Waals surface area (Å²) in [6.07, 6.45) is 1.79. The zero-order valence-electron chi connectivity index (χ0n) is 20.3. The number of anilines is 1. The highest BCUT2D eigenvalue weighted by Crippen LogP contribution is 2.45. The molecule has 1 saturated carbocycles. The summed E-state index contributed by atoms with van der Waals surface area (Å²) in [4.78, 5) is 24.6. The van der Waals surface area contributed by atoms with Crippen LogP contribution in [0.15, 0.2) is 57.4 Å². The van der Waals surface area contributed by atoms with Gasteiger partial charge in [0.1, 0.15) is 17.2 Å². The standard InChI is InChI=1S/C27H21BrClFN2O6S/c1-31-26(33)23-19-11-18(13-2-3-13)15(8-22(19)38-25(23)14-4-6-16(30)7-5-14)12-32(39(36)37)17-9-20(27(34)35)24(28)21(29)10-17/h4-11,13H,2-3,12H2,1H3,(H,31,33)(H,34,35)(H,36,37)/p-1. The van der Waals surface area contributed by atoms with E-state index in [1.165, 1.54) is 43.4 Å². The molecule has 0 saturated heterocycles. The smallest absolute Gasteiger partial charge is 0.336 e. The van der Waals surface area contributed by atoms with E-state index in [-0.39, 0.29) is 44.9 Å². The number of carboxylic acids is 1. The quantitative estimate of drug-likeness (QED) is 0.217. The minimum Gasteiger partial charge on any atom is -0.755 e. The average molecular weight is 635 g/mol. The molecule has 0 bridgehead atoms. The Morgan fingerprint density at radius 3 is 2.51 bits per heavy atom. The fourth-order valence-corrected chi connectivity index (χ4v) is 5.66. The third-order valence-corrected chi connectivity index (χ3v) is 8.63. The van der Waals surface area contributed by atoms with Gasteiger partial charge in [0.05, 0.1) is 32.9 Å². The maximum Gasteiger partial charge on any atom is 0.336 e. The number of amides is 1. The number of carboxylic acid groups (broad SMARTS) is 1. The van der Waals surface area contributed by atoms with Gasteiger partial charge in [-0.1, -0.05) is 11.6 Å². The molecule has 5 rings (SSSR count). The monoisotopic (exact) mass is 633 g/mol. The second-order valence-electron chi connectivity index (χ2n) is 9.06. The molecule has 1 amide bonds. The molecular weight excluding hydrogens is 615 g/mol. The van der Waals surface area contributed by atoms with E-state index in [0.717, 1.165) is 22.7 Å². The lowest BCUT2D eigenvalue weighted by molar-refractivity contribution is 0.0695. The van der Waals surface area contributed by atoms with Crippen molar-refractivity contribution in [3.8, 4) is 11.3 Å². The van der Waals surface area contributed by atoms with Crippen LogP contribution in [0.25, 0.3) is 22.3 Å². The van der Waals surface area contributed by atoms with Crippen LogP contribution in [0.4, 0.5) is 10.1 Å². The third-order valence-electron chi connectivity index (χ3n) is 6.55. The van der Waals surface area contributed by atoms with Crippen molar-refractivity contribution in [1.29, 1.82) is 0 Å². The molecule has 1 atom stereocenters. The normalized spacial score (nSPS) is 13.9. The van der Waals surface area contributed by atoms with Crippen molar-refractivity contribution in [3.05, 3.63) is 86.1 Å². The molecule has 3 aromatic carbocycles. The Hall–Kier alpha value is -3.25. The van der Waals surface area contributed by atoms with Crippen molar-refractivity contribution < 1.29 is 32.3 Å². The minimum atomic E-state index is -2.78. The average Bonchev–Trinajstić information content (AvgIpc) is 3.68. The van der Waals surface area contributed by atoms with Crippen LogP contribution in [0.1, 0.15) is 50.6 Å². The first kappa shape index (κ1) is 27.3. The summed E-state index contributed by atoms with van der Waals surface area (Å²) in [5, 5.41) is 12.8. The lowest BCUT2D eigenvalue weighted by atomic mass is 9.97. The van der Waals surface area contributed by atoms with Gasteiger partial charge >= 0.3 is 5.97 Å². The van der Waals surface area contributed by atoms with Crippen LogP contribution in [-0.4, -0.2) is 32.8 Å². The number of nitrogens with zero attached hydrogens (tertiary/aromatic N) is 1. The van der Waals surface area contributed by atoms with Gasteiger partial charge in [0, 0.05) is 29.3 Å². The molecule has 1 fully saturated rings. The van der Waals surface area contributed by atoms with E-state index in [1.807, 2.05) is 6.07 Å². The number of aromatic carboxylic acids is 1. The fourth-order valence-electron chi connectivity index (χ4n) is 4.53. The molecule has 1 aliphatic carbocycles. The van der Waals surface area contributed by atoms with E-state index in [1.54, 1.807) is 6.07 Å². The highest BCUT2D eigenvalue weighted by Gasteiger charge is 2.30. The van der Waals surface area contributed by atoms with Crippen molar-refractivity contribution in [2.24, 2.45) is 0 Å². The second kappa shape index (κ2) is 10.7. The number of halogens is 3. The Kier molecular flexibility index (Phi) is 7.51. The van der Waals surface area contributed by atoms with Crippen LogP contribution in [0.5, 0.6) is 0 Å². The SMILES string of the molecule is CNC(=O)c1c(-c2ccc(F)cc2)oc2cc(CN(c3cc(Cl)c(Br)c(C(=O)O)c3)S(=O)[O-])c(C3CC3)cc12. The van der Waals surface area contributed by atoms with E-state index in [0.29, 0.717) is 27.7 Å². The van der Waals surface area contributed by atoms with Crippen LogP contribution >= 0.6 is 27.5 Å². The molecule has 12 heteroatoms. The van der Waals surface area contributed by atoms with E-state index >= 15 is 0 Å². The van der Waals surface area contributed by atoms with Gasteiger partial charge in [-0.05, 0) is 94.3 Å². The third kappa shape index (κ3) is 5.31. The second-order valence-corrected chi connectivity index (χ2v) is 11.1. The van der Waals surface area contributed by atoms with Crippen LogP contribution < -0.4 is 9.62 Å². The minimum absolute atomic E-state index is 0.0448. The van der Waals surface area contributed by atoms with Gasteiger partial charge in [0.25, 0.3) is 5.91 Å². The Balaban J connectivity index is 1.66. The van der Waals surface area contributed by atoms with Crippen molar-refractivity contribution in [3.63, 3.8) is 0 Å². The predicted octanol–water partition coefficient (Wildman–Crippen LogP) is 6.39. The highest BCUT2D eigenvalue weighted by atomic mass is 79.9. The summed E-state index contributed by atoms with van der Waals surface area (Å²) in [7, 11) is 1.50. The van der Waals surface area contributed by atoms with Crippen LogP contribution in [0.3, 0.4) is 0 Å². The predicted molar refractivity (Wildman–Crippen MR) is 148 cm³/mol. The van der Waals surface area contributed by atoms with Crippen molar-refractivity contribution >= 4 is 67.3 Å². The van der Waals surface area contributed by atoms with Crippen LogP contribution in [-0.2, 0) is 17.8 Å². The zero-order chi connectivity index (χ0) is 28.0. The van der Waals surface area contributed by atoms with Gasteiger partial charge in [0.2, 0.25) is 0 Å². The molecule has 0 spiro atoms. The summed E-state index contributed by atoms with van der Waals surface area (Å²) in [5.74, 6) is -1.66. The summed E-state index contributed by atoms with van der Waals surface area (Å²) in [6, 6.07) is 11.7. The highest BCUT2D eigenvalue weighted by molar-refractivity contribution is 9.10. The number of furan rings is 1. The Morgan fingerprint density at radius 2 is 1.92 bits per heavy atom. The van der Waals surface area contributed by atoms with Crippen LogP contribution in [0.2, 0.25) is 5.02 Å². The lowest BCUT2D eigenvalue weighted by Gasteiger charge is -2.28. The molecule has 0 aliphatic heterocycles. The number of nitrogens with one attached hydrogen (secondary N) is 1. The number of carbonyl (C=O) groups is 2. The zero-order valence-corrected chi connectivity index (χ0v) is 23.5. The van der Waals surface area contributed by atoms with Crippen molar-refractivity contribution in [2.75, 3.05) is 11.4 Å². The largest absolute Gasteiger partial charge is 0.755 e. The lowest BCUT2D eigenvalue weighted by Crippen LogP contribution is -2.26. The molecule has 1 heterocycles. The molecule has 4 aromatic rings. The van der Waals surface area contributed by atoms with Gasteiger partial charge in [-0.3, -0.25) is 13.3 Å². The Bertz CT molecular complexity index is 1650. The first-order valence-corrected chi connectivity index (χ1v) is 14.0. The van der Waals surface area contributed by atoms with Crippen molar-refractivity contribution in [2.45, 2.75) is 25.3 Å². The maximum absolute atomic E-state index is 13.6. The van der Waals surface area contributed by atoms with Gasteiger partial charge in [-0.25, -0.2) is 9.18 Å². The summed E-state index contributed by atoms with van der Waals surface area (Å²) in [5.41, 5.74) is 2.54. The molecule has 8 nitrogen and oxygen atoms in total. The molecule has 1 aliphatic rings. The van der Waals surface area contributed by atoms with Crippen LogP contribution in [0, 0.1) is 5.82 Å². The first-order chi connectivity index (χ1) is 18.6. The fraction of sp³-hybridized carbons (Fsp3) is 0.185. The Labute approximate surface area is 238 Å². The van der Waals surface area contributed by atoms with E-state index in [9.17, 15) is 27.8 Å². The van der Waals surface area contributed by atoms with E-state index < -0.39 is 23.1 Å². The van der Waals surface area contributed by atoms with Gasteiger partial charge < -0.3 is 19.4 Å². The molecule has 2 N–H and O–H groups in total. The van der Waals surface area contributed by atoms with E-state index in [4.69, 9.17) is 16.0 Å². The Morgan fingerprint density at radius 1 is 1.23 bits per heavy atom. The van der Waals surface area contributed by atoms with E-state index in [2.05, 4.69) is 21.2 Å². The number of rotatable bonds is 8. The van der Waals surface area contributed by atoms with Gasteiger partial charge in [-0.15, -0.1) is 0 Å². The number of hydrogen-bond acceptors (Lipinski definition) is 5. The van der Waals surface area contributed by atoms with Crippen molar-refractivity contribution in [1.82, 2.24) is 5.32 Å². The summed E-state index contributed by atoms with van der Waals surface area (Å²) >= 11 is 6.55. The maximum atomic E-state index is 13.6. The molecule has 0 radical (unpaired) electrons. The number of carbonyl (C=O) groups excluding carboxylic acids is 1. The number of fused-ring (bicyclic) bond motifs is 1. The molecule has 1 aromatic heterocycles.